The molecule has 0 bridgehead atoms. The fraction of sp³-hybridized carbons (Fsp3) is 0. The molecule has 2 aromatic heterocycles. The van der Waals surface area contributed by atoms with Crippen LogP contribution < -0.4 is 5.14 Å². The average molecular weight is 241 g/mol. The topological polar surface area (TPSA) is 115 Å². The van der Waals surface area contributed by atoms with Crippen molar-refractivity contribution >= 4 is 21.5 Å². The van der Waals surface area contributed by atoms with Gasteiger partial charge in [0.05, 0.1) is 5.52 Å². The predicted octanol–water partition coefficient (Wildman–Crippen LogP) is -0.320. The number of nitrogens with zero attached hydrogens (tertiary/aromatic N) is 2. The van der Waals surface area contributed by atoms with Gasteiger partial charge in [-0.2, -0.15) is 0 Å². The zero-order valence-corrected chi connectivity index (χ0v) is 8.68. The molecule has 0 saturated heterocycles. The first-order chi connectivity index (χ1) is 7.41. The lowest BCUT2D eigenvalue weighted by Gasteiger charge is -1.95. The molecule has 7 nitrogen and oxygen atoms in total. The zero-order valence-electron chi connectivity index (χ0n) is 7.86. The molecule has 0 aliphatic carbocycles. The smallest absolute Gasteiger partial charge is 0.372 e. The minimum atomic E-state index is -4.04. The van der Waals surface area contributed by atoms with Crippen LogP contribution in [0.25, 0.3) is 5.52 Å². The van der Waals surface area contributed by atoms with E-state index in [2.05, 4.69) is 4.98 Å². The summed E-state index contributed by atoms with van der Waals surface area (Å²) in [5.41, 5.74) is 0.141. The summed E-state index contributed by atoms with van der Waals surface area (Å²) in [6.07, 6.45) is 1.40. The fourth-order valence-corrected chi connectivity index (χ4v) is 2.04. The highest BCUT2D eigenvalue weighted by atomic mass is 32.2. The number of carbonyl (C=O) groups is 1. The van der Waals surface area contributed by atoms with Crippen LogP contribution in [0, 0.1) is 0 Å². The van der Waals surface area contributed by atoms with Crippen LogP contribution in [0.5, 0.6) is 0 Å². The molecule has 0 atom stereocenters. The second-order valence-electron chi connectivity index (χ2n) is 3.05. The largest absolute Gasteiger partial charge is 0.475 e. The van der Waals surface area contributed by atoms with Crippen LogP contribution in [-0.2, 0) is 10.0 Å². The summed E-state index contributed by atoms with van der Waals surface area (Å²) in [4.78, 5) is 14.3. The van der Waals surface area contributed by atoms with Gasteiger partial charge in [-0.1, -0.05) is 6.07 Å². The SMILES string of the molecule is NS(=O)(=O)c1nc(C(=O)O)n2ccccc12. The minimum absolute atomic E-state index is 0.141. The fourth-order valence-electron chi connectivity index (χ4n) is 1.37. The van der Waals surface area contributed by atoms with Crippen LogP contribution in [0.15, 0.2) is 29.4 Å². The van der Waals surface area contributed by atoms with Gasteiger partial charge in [-0.3, -0.25) is 4.40 Å². The number of carboxylic acids is 1. The molecule has 3 N–H and O–H groups in total. The Bertz CT molecular complexity index is 674. The van der Waals surface area contributed by atoms with E-state index in [1.807, 2.05) is 0 Å². The Labute approximate surface area is 90.2 Å². The maximum absolute atomic E-state index is 11.2. The Hall–Kier alpha value is -1.93. The molecule has 0 aliphatic rings. The lowest BCUT2D eigenvalue weighted by Crippen LogP contribution is -2.13. The number of aromatic nitrogens is 2. The van der Waals surface area contributed by atoms with E-state index in [-0.39, 0.29) is 11.3 Å². The number of hydrogen-bond acceptors (Lipinski definition) is 4. The summed E-state index contributed by atoms with van der Waals surface area (Å²) in [7, 11) is -4.04. The van der Waals surface area contributed by atoms with Gasteiger partial charge >= 0.3 is 5.97 Å². The number of fused-ring (bicyclic) bond motifs is 1. The molecule has 2 rings (SSSR count). The van der Waals surface area contributed by atoms with Gasteiger partial charge < -0.3 is 5.11 Å². The predicted molar refractivity (Wildman–Crippen MR) is 53.5 cm³/mol. The van der Waals surface area contributed by atoms with Gasteiger partial charge in [0.25, 0.3) is 10.0 Å². The van der Waals surface area contributed by atoms with E-state index in [1.165, 1.54) is 12.3 Å². The summed E-state index contributed by atoms with van der Waals surface area (Å²) in [5.74, 6) is -1.71. The molecular weight excluding hydrogens is 234 g/mol. The van der Waals surface area contributed by atoms with Gasteiger partial charge in [0.2, 0.25) is 5.82 Å². The Balaban J connectivity index is 2.93. The second kappa shape index (κ2) is 3.29. The summed E-state index contributed by atoms with van der Waals surface area (Å²) < 4.78 is 23.5. The quantitative estimate of drug-likeness (QED) is 0.747. The van der Waals surface area contributed by atoms with Crippen LogP contribution in [0.3, 0.4) is 0 Å². The number of hydrogen-bond donors (Lipinski definition) is 2. The molecular formula is C8H7N3O4S. The van der Waals surface area contributed by atoms with Crippen LogP contribution in [0.1, 0.15) is 10.6 Å². The van der Waals surface area contributed by atoms with E-state index in [0.717, 1.165) is 4.40 Å². The van der Waals surface area contributed by atoms with E-state index in [4.69, 9.17) is 10.2 Å². The number of carboxylic acid groups (broad SMARTS) is 1. The first-order valence-corrected chi connectivity index (χ1v) is 5.69. The molecule has 0 unspecified atom stereocenters. The molecule has 16 heavy (non-hydrogen) atoms. The van der Waals surface area contributed by atoms with E-state index in [9.17, 15) is 13.2 Å². The third kappa shape index (κ3) is 1.53. The zero-order chi connectivity index (χ0) is 11.9. The normalized spacial score (nSPS) is 11.8. The van der Waals surface area contributed by atoms with Crippen molar-refractivity contribution in [3.63, 3.8) is 0 Å². The highest BCUT2D eigenvalue weighted by Gasteiger charge is 2.22. The van der Waals surface area contributed by atoms with E-state index in [1.54, 1.807) is 12.1 Å². The molecule has 0 fully saturated rings. The standard InChI is InChI=1S/C8H7N3O4S/c9-16(14,15)7-5-3-1-2-4-11(5)6(10-7)8(12)13/h1-4H,(H,12,13)(H2,9,14,15). The van der Waals surface area contributed by atoms with Crippen molar-refractivity contribution in [1.29, 1.82) is 0 Å². The molecule has 0 amide bonds. The Morgan fingerprint density at radius 2 is 2.12 bits per heavy atom. The number of imidazole rings is 1. The van der Waals surface area contributed by atoms with Gasteiger partial charge in [0.1, 0.15) is 0 Å². The van der Waals surface area contributed by atoms with Crippen LogP contribution >= 0.6 is 0 Å². The summed E-state index contributed by atoms with van der Waals surface area (Å²) in [6.45, 7) is 0. The lowest BCUT2D eigenvalue weighted by molar-refractivity contribution is 0.0682. The number of pyridine rings is 1. The van der Waals surface area contributed by atoms with Crippen LogP contribution in [-0.4, -0.2) is 28.9 Å². The maximum atomic E-state index is 11.2. The van der Waals surface area contributed by atoms with E-state index < -0.39 is 21.0 Å². The van der Waals surface area contributed by atoms with Crippen LogP contribution in [0.2, 0.25) is 0 Å². The average Bonchev–Trinajstić information content (AvgIpc) is 2.56. The maximum Gasteiger partial charge on any atom is 0.372 e. The van der Waals surface area contributed by atoms with Gasteiger partial charge in [-0.15, -0.1) is 0 Å². The number of rotatable bonds is 2. The molecule has 2 aromatic rings. The van der Waals surface area contributed by atoms with Crippen molar-refractivity contribution in [2.24, 2.45) is 5.14 Å². The van der Waals surface area contributed by atoms with Crippen molar-refractivity contribution < 1.29 is 18.3 Å². The summed E-state index contributed by atoms with van der Waals surface area (Å²) in [5, 5.41) is 13.3. The number of aromatic carboxylic acids is 1. The highest BCUT2D eigenvalue weighted by molar-refractivity contribution is 7.89. The third-order valence-electron chi connectivity index (χ3n) is 1.98. The van der Waals surface area contributed by atoms with Gasteiger partial charge in [-0.05, 0) is 12.1 Å². The molecule has 0 saturated carbocycles. The van der Waals surface area contributed by atoms with Crippen molar-refractivity contribution in [2.75, 3.05) is 0 Å². The van der Waals surface area contributed by atoms with E-state index in [0.29, 0.717) is 0 Å². The molecule has 8 heteroatoms. The minimum Gasteiger partial charge on any atom is -0.475 e. The molecule has 0 aromatic carbocycles. The Morgan fingerprint density at radius 1 is 1.44 bits per heavy atom. The summed E-state index contributed by atoms with van der Waals surface area (Å²) >= 11 is 0. The van der Waals surface area contributed by atoms with E-state index >= 15 is 0 Å². The molecule has 0 radical (unpaired) electrons. The monoisotopic (exact) mass is 241 g/mol. The van der Waals surface area contributed by atoms with Gasteiger partial charge in [0, 0.05) is 6.20 Å². The van der Waals surface area contributed by atoms with Crippen molar-refractivity contribution in [3.05, 3.63) is 30.2 Å². The lowest BCUT2D eigenvalue weighted by atomic mass is 10.4. The van der Waals surface area contributed by atoms with Gasteiger partial charge in [0.15, 0.2) is 5.03 Å². The summed E-state index contributed by atoms with van der Waals surface area (Å²) in [6, 6.07) is 4.56. The molecule has 2 heterocycles. The Morgan fingerprint density at radius 3 is 2.69 bits per heavy atom. The van der Waals surface area contributed by atoms with Crippen molar-refractivity contribution in [3.8, 4) is 0 Å². The van der Waals surface area contributed by atoms with Crippen LogP contribution in [0.4, 0.5) is 0 Å². The van der Waals surface area contributed by atoms with Gasteiger partial charge in [-0.25, -0.2) is 23.3 Å². The molecule has 0 spiro atoms. The van der Waals surface area contributed by atoms with Crippen molar-refractivity contribution in [2.45, 2.75) is 5.03 Å². The van der Waals surface area contributed by atoms with Crippen molar-refractivity contribution in [1.82, 2.24) is 9.38 Å². The number of sulfonamides is 1. The Kier molecular flexibility index (Phi) is 2.17. The second-order valence-corrected chi connectivity index (χ2v) is 4.52. The first kappa shape index (κ1) is 10.6. The highest BCUT2D eigenvalue weighted by Crippen LogP contribution is 2.16. The number of primary sulfonamides is 1. The molecule has 84 valence electrons. The first-order valence-electron chi connectivity index (χ1n) is 4.14. The number of nitrogens with two attached hydrogens (primary N) is 1. The molecule has 0 aliphatic heterocycles. The third-order valence-corrected chi connectivity index (χ3v) is 2.81.